The van der Waals surface area contributed by atoms with Gasteiger partial charge in [-0.3, -0.25) is 14.4 Å². The summed E-state index contributed by atoms with van der Waals surface area (Å²) < 4.78 is 16.9. The molecule has 0 amide bonds. The highest BCUT2D eigenvalue weighted by Crippen LogP contribution is 2.17. The SMILES string of the molecule is CCC/C=C\C/C=C\CCCCCCCC(=O)OC(COC(=O)CCCCCCCCCCCCC/C=C\CCCCCCCCCC)COC(=O)CCCCCCCCCCCCCCC. The second kappa shape index (κ2) is 56.2. The molecule has 0 aromatic heterocycles. The van der Waals surface area contributed by atoms with Gasteiger partial charge in [-0.1, -0.05) is 263 Å². The van der Waals surface area contributed by atoms with Gasteiger partial charge in [-0.2, -0.15) is 0 Å². The summed E-state index contributed by atoms with van der Waals surface area (Å²) in [6.07, 6.45) is 67.1. The zero-order valence-corrected chi connectivity index (χ0v) is 44.9. The largest absolute Gasteiger partial charge is 0.462 e. The fourth-order valence-electron chi connectivity index (χ4n) is 8.65. The molecule has 0 aromatic rings. The van der Waals surface area contributed by atoms with Crippen LogP contribution in [0.15, 0.2) is 36.5 Å². The molecule has 0 saturated heterocycles. The minimum absolute atomic E-state index is 0.0744. The van der Waals surface area contributed by atoms with Crippen molar-refractivity contribution in [2.24, 2.45) is 0 Å². The van der Waals surface area contributed by atoms with Crippen LogP contribution in [0.25, 0.3) is 0 Å². The van der Waals surface area contributed by atoms with Gasteiger partial charge in [0.25, 0.3) is 0 Å². The lowest BCUT2D eigenvalue weighted by molar-refractivity contribution is -0.167. The molecule has 0 fully saturated rings. The van der Waals surface area contributed by atoms with Crippen molar-refractivity contribution < 1.29 is 28.6 Å². The predicted molar refractivity (Wildman–Crippen MR) is 289 cm³/mol. The Morgan fingerprint density at radius 2 is 0.567 bits per heavy atom. The normalized spacial score (nSPS) is 12.2. The van der Waals surface area contributed by atoms with E-state index < -0.39 is 6.10 Å². The molecule has 6 heteroatoms. The lowest BCUT2D eigenvalue weighted by Crippen LogP contribution is -2.30. The molecule has 0 saturated carbocycles. The molecule has 1 atom stereocenters. The summed E-state index contributed by atoms with van der Waals surface area (Å²) in [6, 6.07) is 0. The van der Waals surface area contributed by atoms with Crippen LogP contribution in [-0.2, 0) is 28.6 Å². The summed E-state index contributed by atoms with van der Waals surface area (Å²) in [5.74, 6) is -0.873. The standard InChI is InChI=1S/C61H112O6/c1-4-7-10-13-16-19-22-25-26-27-28-29-30-31-32-33-34-37-39-42-45-48-51-54-60(63)66-57-58(67-61(64)55-52-49-46-43-40-36-24-21-18-15-12-9-6-3)56-65-59(62)53-50-47-44-41-38-35-23-20-17-14-11-8-5-2/h12,15,21,24,27-28,58H,4-11,13-14,16-20,22-23,25-26,29-57H2,1-3H3/b15-12-,24-21-,28-27-. The molecule has 1 unspecified atom stereocenters. The molecule has 0 aliphatic carbocycles. The summed E-state index contributed by atoms with van der Waals surface area (Å²) in [5, 5.41) is 0. The van der Waals surface area contributed by atoms with Gasteiger partial charge < -0.3 is 14.2 Å². The molecule has 0 bridgehead atoms. The Hall–Kier alpha value is -2.37. The molecular weight excluding hydrogens is 829 g/mol. The van der Waals surface area contributed by atoms with Crippen molar-refractivity contribution in [3.63, 3.8) is 0 Å². The van der Waals surface area contributed by atoms with Crippen LogP contribution in [0.3, 0.4) is 0 Å². The van der Waals surface area contributed by atoms with Crippen molar-refractivity contribution in [2.75, 3.05) is 13.2 Å². The zero-order valence-electron chi connectivity index (χ0n) is 44.9. The van der Waals surface area contributed by atoms with E-state index in [9.17, 15) is 14.4 Å². The summed E-state index contributed by atoms with van der Waals surface area (Å²) in [4.78, 5) is 38.1. The van der Waals surface area contributed by atoms with Crippen LogP contribution in [-0.4, -0.2) is 37.2 Å². The van der Waals surface area contributed by atoms with E-state index in [1.165, 1.54) is 186 Å². The molecule has 0 heterocycles. The van der Waals surface area contributed by atoms with Crippen molar-refractivity contribution in [3.8, 4) is 0 Å². The van der Waals surface area contributed by atoms with Gasteiger partial charge in [0.05, 0.1) is 0 Å². The third-order valence-corrected chi connectivity index (χ3v) is 13.1. The van der Waals surface area contributed by atoms with E-state index in [4.69, 9.17) is 14.2 Å². The van der Waals surface area contributed by atoms with Crippen molar-refractivity contribution in [2.45, 2.75) is 322 Å². The van der Waals surface area contributed by atoms with E-state index in [1.807, 2.05) is 0 Å². The Morgan fingerprint density at radius 1 is 0.299 bits per heavy atom. The van der Waals surface area contributed by atoms with E-state index >= 15 is 0 Å². The molecule has 0 radical (unpaired) electrons. The monoisotopic (exact) mass is 941 g/mol. The zero-order chi connectivity index (χ0) is 48.6. The number of allylic oxidation sites excluding steroid dienone is 6. The number of carbonyl (C=O) groups excluding carboxylic acids is 3. The van der Waals surface area contributed by atoms with E-state index in [1.54, 1.807) is 0 Å². The highest BCUT2D eigenvalue weighted by atomic mass is 16.6. The van der Waals surface area contributed by atoms with Crippen LogP contribution in [0.2, 0.25) is 0 Å². The molecule has 0 aliphatic heterocycles. The molecular formula is C61H112O6. The van der Waals surface area contributed by atoms with Crippen LogP contribution in [0.5, 0.6) is 0 Å². The molecule has 67 heavy (non-hydrogen) atoms. The Labute approximate surface area is 416 Å². The molecule has 392 valence electrons. The summed E-state index contributed by atoms with van der Waals surface area (Å²) in [6.45, 7) is 6.60. The predicted octanol–water partition coefficient (Wildman–Crippen LogP) is 19.7. The van der Waals surface area contributed by atoms with Gasteiger partial charge in [-0.25, -0.2) is 0 Å². The Kier molecular flexibility index (Phi) is 54.2. The second-order valence-corrected chi connectivity index (χ2v) is 19.9. The first kappa shape index (κ1) is 64.6. The number of hydrogen-bond donors (Lipinski definition) is 0. The fourth-order valence-corrected chi connectivity index (χ4v) is 8.65. The lowest BCUT2D eigenvalue weighted by atomic mass is 10.0. The third kappa shape index (κ3) is 54.4. The average Bonchev–Trinajstić information content (AvgIpc) is 3.33. The Bertz CT molecular complexity index is 1130. The van der Waals surface area contributed by atoms with Gasteiger partial charge in [0, 0.05) is 19.3 Å². The van der Waals surface area contributed by atoms with Gasteiger partial charge in [-0.05, 0) is 70.6 Å². The summed E-state index contributed by atoms with van der Waals surface area (Å²) >= 11 is 0. The molecule has 0 rings (SSSR count). The summed E-state index contributed by atoms with van der Waals surface area (Å²) in [5.41, 5.74) is 0. The number of rotatable bonds is 54. The number of unbranched alkanes of at least 4 members (excludes halogenated alkanes) is 37. The molecule has 6 nitrogen and oxygen atoms in total. The molecule has 0 aliphatic rings. The number of ether oxygens (including phenoxy) is 3. The maximum Gasteiger partial charge on any atom is 0.306 e. The smallest absolute Gasteiger partial charge is 0.306 e. The fraction of sp³-hybridized carbons (Fsp3) is 0.852. The highest BCUT2D eigenvalue weighted by Gasteiger charge is 2.19. The first-order chi connectivity index (χ1) is 33.0. The molecule has 0 spiro atoms. The van der Waals surface area contributed by atoms with Gasteiger partial charge in [0.2, 0.25) is 0 Å². The van der Waals surface area contributed by atoms with Crippen molar-refractivity contribution in [3.05, 3.63) is 36.5 Å². The van der Waals surface area contributed by atoms with E-state index in [0.29, 0.717) is 19.3 Å². The van der Waals surface area contributed by atoms with Gasteiger partial charge >= 0.3 is 17.9 Å². The Balaban J connectivity index is 4.25. The lowest BCUT2D eigenvalue weighted by Gasteiger charge is -2.18. The average molecular weight is 942 g/mol. The van der Waals surface area contributed by atoms with Gasteiger partial charge in [0.15, 0.2) is 6.10 Å². The van der Waals surface area contributed by atoms with Crippen LogP contribution in [0.4, 0.5) is 0 Å². The topological polar surface area (TPSA) is 78.9 Å². The van der Waals surface area contributed by atoms with Gasteiger partial charge in [0.1, 0.15) is 13.2 Å². The Morgan fingerprint density at radius 3 is 0.896 bits per heavy atom. The second-order valence-electron chi connectivity index (χ2n) is 19.9. The maximum absolute atomic E-state index is 12.8. The minimum Gasteiger partial charge on any atom is -0.462 e. The molecule has 0 N–H and O–H groups in total. The van der Waals surface area contributed by atoms with Crippen LogP contribution >= 0.6 is 0 Å². The van der Waals surface area contributed by atoms with Crippen molar-refractivity contribution in [1.29, 1.82) is 0 Å². The van der Waals surface area contributed by atoms with Crippen molar-refractivity contribution in [1.82, 2.24) is 0 Å². The van der Waals surface area contributed by atoms with Crippen LogP contribution in [0, 0.1) is 0 Å². The van der Waals surface area contributed by atoms with Crippen LogP contribution < -0.4 is 0 Å². The third-order valence-electron chi connectivity index (χ3n) is 13.1. The summed E-state index contributed by atoms with van der Waals surface area (Å²) in [7, 11) is 0. The molecule has 0 aromatic carbocycles. The first-order valence-electron chi connectivity index (χ1n) is 29.5. The van der Waals surface area contributed by atoms with Gasteiger partial charge in [-0.15, -0.1) is 0 Å². The number of hydrogen-bond acceptors (Lipinski definition) is 6. The van der Waals surface area contributed by atoms with Crippen molar-refractivity contribution >= 4 is 17.9 Å². The van der Waals surface area contributed by atoms with E-state index in [-0.39, 0.29) is 31.1 Å². The number of carbonyl (C=O) groups is 3. The first-order valence-corrected chi connectivity index (χ1v) is 29.5. The minimum atomic E-state index is -0.776. The van der Waals surface area contributed by atoms with Crippen LogP contribution in [0.1, 0.15) is 316 Å². The maximum atomic E-state index is 12.8. The number of esters is 3. The van der Waals surface area contributed by atoms with E-state index in [0.717, 1.165) is 89.9 Å². The highest BCUT2D eigenvalue weighted by molar-refractivity contribution is 5.71. The van der Waals surface area contributed by atoms with E-state index in [2.05, 4.69) is 57.2 Å². The quantitative estimate of drug-likeness (QED) is 0.0262.